The van der Waals surface area contributed by atoms with Gasteiger partial charge in [0.05, 0.1) is 29.9 Å². The van der Waals surface area contributed by atoms with Gasteiger partial charge in [-0.25, -0.2) is 0 Å². The van der Waals surface area contributed by atoms with Crippen LogP contribution in [0.3, 0.4) is 0 Å². The maximum atomic E-state index is 12.2. The van der Waals surface area contributed by atoms with E-state index in [-0.39, 0.29) is 11.2 Å². The Bertz CT molecular complexity index is 822. The van der Waals surface area contributed by atoms with Crippen LogP contribution in [0, 0.1) is 6.92 Å². The van der Waals surface area contributed by atoms with Gasteiger partial charge in [-0.05, 0) is 32.0 Å². The zero-order chi connectivity index (χ0) is 17.1. The van der Waals surface area contributed by atoms with Crippen molar-refractivity contribution < 1.29 is 13.6 Å². The van der Waals surface area contributed by atoms with Gasteiger partial charge in [0.2, 0.25) is 5.91 Å². The Morgan fingerprint density at radius 1 is 1.33 bits per heavy atom. The lowest BCUT2D eigenvalue weighted by Gasteiger charge is -2.10. The van der Waals surface area contributed by atoms with Crippen LogP contribution in [-0.4, -0.2) is 25.9 Å². The Labute approximate surface area is 143 Å². The molecule has 0 fully saturated rings. The van der Waals surface area contributed by atoms with Crippen molar-refractivity contribution in [1.82, 2.24) is 20.1 Å². The summed E-state index contributed by atoms with van der Waals surface area (Å²) in [4.78, 5) is 12.2. The highest BCUT2D eigenvalue weighted by Gasteiger charge is 2.20. The zero-order valence-corrected chi connectivity index (χ0v) is 14.5. The number of aryl methyl sites for hydroxylation is 1. The summed E-state index contributed by atoms with van der Waals surface area (Å²) in [5.74, 6) is 2.13. The molecule has 0 radical (unpaired) electrons. The number of nitrogens with zero attached hydrogens (tertiary/aromatic N) is 3. The standard InChI is InChI=1S/C16H18N4O3S/c1-10-13(6-8-22-10)14-18-19-16(20(14)3)24-11(2)15(21)17-9-12-5-4-7-23-12/h4-8,11H,9H2,1-3H3,(H,17,21). The predicted molar refractivity (Wildman–Crippen MR) is 89.3 cm³/mol. The summed E-state index contributed by atoms with van der Waals surface area (Å²) >= 11 is 1.36. The van der Waals surface area contributed by atoms with Crippen LogP contribution < -0.4 is 5.32 Å². The van der Waals surface area contributed by atoms with Gasteiger partial charge in [0.15, 0.2) is 11.0 Å². The van der Waals surface area contributed by atoms with E-state index in [4.69, 9.17) is 8.83 Å². The maximum Gasteiger partial charge on any atom is 0.233 e. The molecule has 126 valence electrons. The third kappa shape index (κ3) is 3.38. The molecule has 3 aromatic rings. The first-order valence-corrected chi connectivity index (χ1v) is 8.35. The molecule has 3 heterocycles. The number of hydrogen-bond acceptors (Lipinski definition) is 6. The fourth-order valence-electron chi connectivity index (χ4n) is 2.21. The molecule has 0 bridgehead atoms. The first-order valence-electron chi connectivity index (χ1n) is 7.47. The monoisotopic (exact) mass is 346 g/mol. The van der Waals surface area contributed by atoms with E-state index in [9.17, 15) is 4.79 Å². The summed E-state index contributed by atoms with van der Waals surface area (Å²) < 4.78 is 12.4. The highest BCUT2D eigenvalue weighted by atomic mass is 32.2. The molecule has 3 rings (SSSR count). The number of amides is 1. The van der Waals surface area contributed by atoms with Gasteiger partial charge in [-0.1, -0.05) is 11.8 Å². The normalized spacial score (nSPS) is 12.3. The molecule has 8 heteroatoms. The summed E-state index contributed by atoms with van der Waals surface area (Å²) in [6, 6.07) is 5.46. The van der Waals surface area contributed by atoms with E-state index in [0.29, 0.717) is 17.5 Å². The number of carbonyl (C=O) groups excluding carboxylic acids is 1. The summed E-state index contributed by atoms with van der Waals surface area (Å²) in [6.07, 6.45) is 3.20. The molecule has 0 saturated heterocycles. The molecule has 0 spiro atoms. The van der Waals surface area contributed by atoms with Gasteiger partial charge in [-0.15, -0.1) is 10.2 Å². The molecule has 1 N–H and O–H groups in total. The minimum Gasteiger partial charge on any atom is -0.469 e. The first kappa shape index (κ1) is 16.4. The van der Waals surface area contributed by atoms with Crippen molar-refractivity contribution in [3.05, 3.63) is 42.2 Å². The smallest absolute Gasteiger partial charge is 0.233 e. The fourth-order valence-corrected chi connectivity index (χ4v) is 3.05. The number of furan rings is 2. The molecule has 0 aliphatic carbocycles. The van der Waals surface area contributed by atoms with Crippen molar-refractivity contribution in [3.63, 3.8) is 0 Å². The second-order valence-corrected chi connectivity index (χ2v) is 6.62. The van der Waals surface area contributed by atoms with Crippen molar-refractivity contribution in [3.8, 4) is 11.4 Å². The van der Waals surface area contributed by atoms with Gasteiger partial charge in [-0.3, -0.25) is 4.79 Å². The quantitative estimate of drug-likeness (QED) is 0.691. The van der Waals surface area contributed by atoms with Crippen LogP contribution in [0.25, 0.3) is 11.4 Å². The number of carbonyl (C=O) groups is 1. The molecule has 0 aliphatic heterocycles. The van der Waals surface area contributed by atoms with Crippen LogP contribution in [0.5, 0.6) is 0 Å². The third-order valence-electron chi connectivity index (χ3n) is 3.60. The SMILES string of the molecule is Cc1occc1-c1nnc(SC(C)C(=O)NCc2ccco2)n1C. The Hall–Kier alpha value is -2.48. The topological polar surface area (TPSA) is 86.1 Å². The van der Waals surface area contributed by atoms with Crippen molar-refractivity contribution in [2.24, 2.45) is 7.05 Å². The first-order chi connectivity index (χ1) is 11.6. The van der Waals surface area contributed by atoms with Crippen LogP contribution in [-0.2, 0) is 18.4 Å². The molecule has 24 heavy (non-hydrogen) atoms. The lowest BCUT2D eigenvalue weighted by Crippen LogP contribution is -2.30. The van der Waals surface area contributed by atoms with E-state index in [1.165, 1.54) is 11.8 Å². The largest absolute Gasteiger partial charge is 0.469 e. The molecule has 0 aliphatic rings. The number of nitrogens with one attached hydrogen (secondary N) is 1. The van der Waals surface area contributed by atoms with Crippen molar-refractivity contribution in [2.45, 2.75) is 30.8 Å². The van der Waals surface area contributed by atoms with Gasteiger partial charge in [0, 0.05) is 7.05 Å². The summed E-state index contributed by atoms with van der Waals surface area (Å²) in [5, 5.41) is 11.6. The molecule has 0 saturated carbocycles. The van der Waals surface area contributed by atoms with Crippen molar-refractivity contribution in [1.29, 1.82) is 0 Å². The summed E-state index contributed by atoms with van der Waals surface area (Å²) in [5.41, 5.74) is 0.895. The lowest BCUT2D eigenvalue weighted by atomic mass is 10.2. The molecule has 1 amide bonds. The predicted octanol–water partition coefficient (Wildman–Crippen LogP) is 2.77. The Morgan fingerprint density at radius 3 is 2.83 bits per heavy atom. The van der Waals surface area contributed by atoms with Gasteiger partial charge < -0.3 is 18.7 Å². The minimum atomic E-state index is -0.304. The van der Waals surface area contributed by atoms with E-state index in [0.717, 1.165) is 17.1 Å². The van der Waals surface area contributed by atoms with Crippen LogP contribution in [0.15, 0.2) is 44.7 Å². The van der Waals surface area contributed by atoms with Crippen LogP contribution in [0.1, 0.15) is 18.4 Å². The molecule has 3 aromatic heterocycles. The Balaban J connectivity index is 1.64. The van der Waals surface area contributed by atoms with E-state index in [1.807, 2.05) is 37.6 Å². The lowest BCUT2D eigenvalue weighted by molar-refractivity contribution is -0.120. The molecular formula is C16H18N4O3S. The van der Waals surface area contributed by atoms with Gasteiger partial charge in [-0.2, -0.15) is 0 Å². The van der Waals surface area contributed by atoms with Crippen molar-refractivity contribution in [2.75, 3.05) is 0 Å². The molecule has 1 atom stereocenters. The van der Waals surface area contributed by atoms with E-state index >= 15 is 0 Å². The molecule has 1 unspecified atom stereocenters. The van der Waals surface area contributed by atoms with E-state index in [2.05, 4.69) is 15.5 Å². The van der Waals surface area contributed by atoms with Crippen molar-refractivity contribution >= 4 is 17.7 Å². The van der Waals surface area contributed by atoms with Gasteiger partial charge in [0.25, 0.3) is 0 Å². The molecule has 7 nitrogen and oxygen atoms in total. The van der Waals surface area contributed by atoms with Crippen LogP contribution in [0.2, 0.25) is 0 Å². The van der Waals surface area contributed by atoms with Crippen LogP contribution in [0.4, 0.5) is 0 Å². The van der Waals surface area contributed by atoms with Gasteiger partial charge >= 0.3 is 0 Å². The molecule has 0 aromatic carbocycles. The number of thioether (sulfide) groups is 1. The zero-order valence-electron chi connectivity index (χ0n) is 13.6. The number of aromatic nitrogens is 3. The summed E-state index contributed by atoms with van der Waals surface area (Å²) in [7, 11) is 1.87. The highest BCUT2D eigenvalue weighted by Crippen LogP contribution is 2.27. The Morgan fingerprint density at radius 2 is 2.17 bits per heavy atom. The average Bonchev–Trinajstić information content (AvgIpc) is 3.29. The molecular weight excluding hydrogens is 328 g/mol. The van der Waals surface area contributed by atoms with Crippen LogP contribution >= 0.6 is 11.8 Å². The Kier molecular flexibility index (Phi) is 4.75. The van der Waals surface area contributed by atoms with E-state index in [1.54, 1.807) is 18.6 Å². The van der Waals surface area contributed by atoms with Gasteiger partial charge in [0.1, 0.15) is 11.5 Å². The summed E-state index contributed by atoms with van der Waals surface area (Å²) in [6.45, 7) is 4.08. The third-order valence-corrected chi connectivity index (χ3v) is 4.74. The minimum absolute atomic E-state index is 0.0829. The average molecular weight is 346 g/mol. The fraction of sp³-hybridized carbons (Fsp3) is 0.312. The highest BCUT2D eigenvalue weighted by molar-refractivity contribution is 8.00. The number of hydrogen-bond donors (Lipinski definition) is 1. The second kappa shape index (κ2) is 6.96. The second-order valence-electron chi connectivity index (χ2n) is 5.31. The maximum absolute atomic E-state index is 12.2. The van der Waals surface area contributed by atoms with E-state index < -0.39 is 0 Å². The number of rotatable bonds is 6.